The predicted octanol–water partition coefficient (Wildman–Crippen LogP) is 6.63. The normalized spacial score (nSPS) is 19.3. The number of methoxy groups -OCH3 is 2. The van der Waals surface area contributed by atoms with E-state index < -0.39 is 5.60 Å². The summed E-state index contributed by atoms with van der Waals surface area (Å²) in [6.07, 6.45) is 8.61. The number of rotatable bonds is 4. The Morgan fingerprint density at radius 2 is 1.54 bits per heavy atom. The second-order valence-electron chi connectivity index (χ2n) is 11.5. The summed E-state index contributed by atoms with van der Waals surface area (Å²) in [7, 11) is 3.30. The number of pyridine rings is 2. The van der Waals surface area contributed by atoms with Crippen molar-refractivity contribution in [2.45, 2.75) is 73.3 Å². The van der Waals surface area contributed by atoms with Crippen molar-refractivity contribution in [3.8, 4) is 11.5 Å². The van der Waals surface area contributed by atoms with Crippen LogP contribution in [0.4, 0.5) is 4.79 Å². The number of nitrogens with zero attached hydrogens (tertiary/aromatic N) is 4. The smallest absolute Gasteiger partial charge is 0.414 e. The Balaban J connectivity index is 0.000000230. The SMILES string of the molecule is COc1cc(C2=CCC(C)CN2C(=O)OC(C)(C)C)cnc1C.COc1cc(C2=NCC(C)CC2)cnc1C. The van der Waals surface area contributed by atoms with Crippen LogP contribution >= 0.6 is 0 Å². The average Bonchev–Trinajstić information content (AvgIpc) is 2.89. The summed E-state index contributed by atoms with van der Waals surface area (Å²) in [5.74, 6) is 2.67. The second kappa shape index (κ2) is 13.1. The quantitative estimate of drug-likeness (QED) is 0.436. The molecular weight excluding hydrogens is 492 g/mol. The fraction of sp³-hybridized carbons (Fsp3) is 0.548. The molecule has 0 saturated heterocycles. The zero-order valence-electron chi connectivity index (χ0n) is 25.0. The Labute approximate surface area is 233 Å². The highest BCUT2D eigenvalue weighted by Gasteiger charge is 2.29. The molecule has 2 unspecified atom stereocenters. The second-order valence-corrected chi connectivity index (χ2v) is 11.5. The van der Waals surface area contributed by atoms with Crippen LogP contribution in [0.1, 0.15) is 76.4 Å². The van der Waals surface area contributed by atoms with E-state index in [9.17, 15) is 4.79 Å². The molecule has 0 radical (unpaired) electrons. The van der Waals surface area contributed by atoms with Gasteiger partial charge in [0.2, 0.25) is 0 Å². The third-order valence-electron chi connectivity index (χ3n) is 6.73. The van der Waals surface area contributed by atoms with Gasteiger partial charge in [0.05, 0.1) is 31.3 Å². The van der Waals surface area contributed by atoms with E-state index in [1.54, 1.807) is 25.3 Å². The molecule has 212 valence electrons. The largest absolute Gasteiger partial charge is 0.495 e. The average molecular weight is 537 g/mol. The summed E-state index contributed by atoms with van der Waals surface area (Å²) in [4.78, 5) is 27.6. The number of amides is 1. The molecule has 2 aliphatic rings. The summed E-state index contributed by atoms with van der Waals surface area (Å²) >= 11 is 0. The van der Waals surface area contributed by atoms with Gasteiger partial charge in [0.15, 0.2) is 0 Å². The number of hydrogen-bond acceptors (Lipinski definition) is 7. The molecule has 2 aromatic rings. The fourth-order valence-corrected chi connectivity index (χ4v) is 4.46. The highest BCUT2D eigenvalue weighted by molar-refractivity contribution is 6.01. The molecule has 0 spiro atoms. The Morgan fingerprint density at radius 1 is 0.949 bits per heavy atom. The van der Waals surface area contributed by atoms with Gasteiger partial charge in [0.1, 0.15) is 17.1 Å². The number of aliphatic imine (C=N–C) groups is 1. The lowest BCUT2D eigenvalue weighted by molar-refractivity contribution is 0.0327. The molecule has 0 aromatic carbocycles. The van der Waals surface area contributed by atoms with Crippen LogP contribution in [0.3, 0.4) is 0 Å². The summed E-state index contributed by atoms with van der Waals surface area (Å²) in [5, 5.41) is 0. The van der Waals surface area contributed by atoms with Crippen molar-refractivity contribution in [2.75, 3.05) is 27.3 Å². The van der Waals surface area contributed by atoms with Crippen molar-refractivity contribution in [1.29, 1.82) is 0 Å². The Bertz CT molecular complexity index is 1220. The van der Waals surface area contributed by atoms with E-state index in [-0.39, 0.29) is 6.09 Å². The van der Waals surface area contributed by atoms with Crippen LogP contribution in [-0.4, -0.2) is 59.6 Å². The van der Waals surface area contributed by atoms with Crippen LogP contribution in [0.2, 0.25) is 0 Å². The van der Waals surface area contributed by atoms with E-state index in [0.717, 1.165) is 53.3 Å². The molecular formula is C31H44N4O4. The number of carbonyl (C=O) groups excluding carboxylic acids is 1. The van der Waals surface area contributed by atoms with E-state index in [1.807, 2.05) is 52.9 Å². The van der Waals surface area contributed by atoms with Gasteiger partial charge in [-0.3, -0.25) is 19.9 Å². The van der Waals surface area contributed by atoms with Crippen LogP contribution < -0.4 is 9.47 Å². The minimum atomic E-state index is -0.522. The molecule has 8 nitrogen and oxygen atoms in total. The first-order valence-electron chi connectivity index (χ1n) is 13.7. The van der Waals surface area contributed by atoms with Crippen LogP contribution in [0.5, 0.6) is 11.5 Å². The lowest BCUT2D eigenvalue weighted by Crippen LogP contribution is -2.39. The number of allylic oxidation sites excluding steroid dienone is 1. The maximum Gasteiger partial charge on any atom is 0.414 e. The molecule has 2 aromatic heterocycles. The molecule has 2 atom stereocenters. The van der Waals surface area contributed by atoms with Gasteiger partial charge < -0.3 is 14.2 Å². The lowest BCUT2D eigenvalue weighted by Gasteiger charge is -2.33. The summed E-state index contributed by atoms with van der Waals surface area (Å²) < 4.78 is 16.2. The van der Waals surface area contributed by atoms with Crippen molar-refractivity contribution >= 4 is 17.5 Å². The molecule has 0 bridgehead atoms. The van der Waals surface area contributed by atoms with Gasteiger partial charge in [-0.2, -0.15) is 0 Å². The van der Waals surface area contributed by atoms with Crippen LogP contribution in [0, 0.1) is 25.7 Å². The van der Waals surface area contributed by atoms with Gasteiger partial charge in [-0.05, 0) is 77.8 Å². The first kappa shape index (κ1) is 30.1. The standard InChI is InChI=1S/C18H26N2O3.C13H18N2O/c1-12-7-8-15(14-9-16(22-6)13(2)19-10-14)20(11-12)17(21)23-18(3,4)5;1-9-4-5-12(15-7-9)11-6-13(16-3)10(2)14-8-11/h8-10,12H,7,11H2,1-6H3;6,8-9H,4-5,7H2,1-3H3. The molecule has 0 saturated carbocycles. The molecule has 1 amide bonds. The molecule has 0 N–H and O–H groups in total. The van der Waals surface area contributed by atoms with Gasteiger partial charge >= 0.3 is 6.09 Å². The predicted molar refractivity (Wildman–Crippen MR) is 156 cm³/mol. The monoisotopic (exact) mass is 536 g/mol. The van der Waals surface area contributed by atoms with Crippen molar-refractivity contribution in [3.63, 3.8) is 0 Å². The molecule has 2 aliphatic heterocycles. The number of carbonyl (C=O) groups is 1. The topological polar surface area (TPSA) is 86.1 Å². The summed E-state index contributed by atoms with van der Waals surface area (Å²) in [6, 6.07) is 3.96. The number of hydrogen-bond donors (Lipinski definition) is 0. The van der Waals surface area contributed by atoms with E-state index >= 15 is 0 Å². The third-order valence-corrected chi connectivity index (χ3v) is 6.73. The summed E-state index contributed by atoms with van der Waals surface area (Å²) in [6.45, 7) is 15.4. The molecule has 0 fully saturated rings. The van der Waals surface area contributed by atoms with Gasteiger partial charge in [0.25, 0.3) is 0 Å². The molecule has 8 heteroatoms. The van der Waals surface area contributed by atoms with E-state index in [4.69, 9.17) is 14.2 Å². The van der Waals surface area contributed by atoms with E-state index in [0.29, 0.717) is 24.1 Å². The number of ether oxygens (including phenoxy) is 3. The number of aryl methyl sites for hydroxylation is 2. The molecule has 0 aliphatic carbocycles. The van der Waals surface area contributed by atoms with Crippen molar-refractivity contribution in [2.24, 2.45) is 16.8 Å². The minimum absolute atomic E-state index is 0.324. The maximum absolute atomic E-state index is 12.6. The Kier molecular flexibility index (Phi) is 10.1. The van der Waals surface area contributed by atoms with Gasteiger partial charge in [0, 0.05) is 42.3 Å². The summed E-state index contributed by atoms with van der Waals surface area (Å²) in [5.41, 5.74) is 5.21. The van der Waals surface area contributed by atoms with Crippen LogP contribution in [0.25, 0.3) is 5.70 Å². The zero-order chi connectivity index (χ0) is 28.7. The van der Waals surface area contributed by atoms with E-state index in [1.165, 1.54) is 12.1 Å². The first-order chi connectivity index (χ1) is 18.4. The van der Waals surface area contributed by atoms with Crippen LogP contribution in [-0.2, 0) is 4.74 Å². The highest BCUT2D eigenvalue weighted by Crippen LogP contribution is 2.31. The Morgan fingerprint density at radius 3 is 2.08 bits per heavy atom. The van der Waals surface area contributed by atoms with Crippen LogP contribution in [0.15, 0.2) is 35.6 Å². The fourth-order valence-electron chi connectivity index (χ4n) is 4.46. The lowest BCUT2D eigenvalue weighted by atomic mass is 9.96. The van der Waals surface area contributed by atoms with Crippen molar-refractivity contribution in [1.82, 2.24) is 14.9 Å². The number of aromatic nitrogens is 2. The zero-order valence-corrected chi connectivity index (χ0v) is 25.0. The highest BCUT2D eigenvalue weighted by atomic mass is 16.6. The molecule has 39 heavy (non-hydrogen) atoms. The molecule has 4 rings (SSSR count). The third kappa shape index (κ3) is 8.28. The van der Waals surface area contributed by atoms with Gasteiger partial charge in [-0.1, -0.05) is 19.9 Å². The minimum Gasteiger partial charge on any atom is -0.495 e. The van der Waals surface area contributed by atoms with Crippen molar-refractivity contribution < 1.29 is 19.0 Å². The van der Waals surface area contributed by atoms with Gasteiger partial charge in [-0.15, -0.1) is 0 Å². The first-order valence-corrected chi connectivity index (χ1v) is 13.7. The van der Waals surface area contributed by atoms with Gasteiger partial charge in [-0.25, -0.2) is 4.79 Å². The van der Waals surface area contributed by atoms with Crippen molar-refractivity contribution in [3.05, 3.63) is 53.1 Å². The molecule has 4 heterocycles. The Hall–Kier alpha value is -3.42. The van der Waals surface area contributed by atoms with E-state index in [2.05, 4.69) is 34.9 Å². The maximum atomic E-state index is 12.6.